The van der Waals surface area contributed by atoms with Gasteiger partial charge in [0.25, 0.3) is 10.0 Å². The zero-order chi connectivity index (χ0) is 15.0. The molecule has 1 saturated heterocycles. The second kappa shape index (κ2) is 5.45. The van der Waals surface area contributed by atoms with Gasteiger partial charge in [-0.05, 0) is 25.0 Å². The molecule has 2 aliphatic rings. The Morgan fingerprint density at radius 2 is 2.00 bits per heavy atom. The van der Waals surface area contributed by atoms with Gasteiger partial charge in [0, 0.05) is 11.5 Å². The number of alkyl halides is 2. The first kappa shape index (κ1) is 14.6. The van der Waals surface area contributed by atoms with Gasteiger partial charge in [0.2, 0.25) is 0 Å². The van der Waals surface area contributed by atoms with Crippen LogP contribution in [0.5, 0.6) is 5.75 Å². The number of nitrogens with zero attached hydrogens (tertiary/aromatic N) is 2. The average molecular weight is 334 g/mol. The maximum atomic E-state index is 12.5. The number of halogens is 2. The highest BCUT2D eigenvalue weighted by Crippen LogP contribution is 2.35. The van der Waals surface area contributed by atoms with E-state index >= 15 is 0 Å². The first-order chi connectivity index (χ1) is 9.97. The van der Waals surface area contributed by atoms with Crippen LogP contribution in [0.3, 0.4) is 0 Å². The van der Waals surface area contributed by atoms with Gasteiger partial charge in [-0.3, -0.25) is 0 Å². The highest BCUT2D eigenvalue weighted by atomic mass is 32.2. The molecule has 0 amide bonds. The quantitative estimate of drug-likeness (QED) is 0.833. The summed E-state index contributed by atoms with van der Waals surface area (Å²) in [5.41, 5.74) is 0.0530. The van der Waals surface area contributed by atoms with E-state index in [4.69, 9.17) is 0 Å². The van der Waals surface area contributed by atoms with E-state index in [1.54, 1.807) is 0 Å². The van der Waals surface area contributed by atoms with Crippen LogP contribution in [0.25, 0.3) is 0 Å². The largest absolute Gasteiger partial charge is 0.434 e. The fourth-order valence-electron chi connectivity index (χ4n) is 2.26. The Labute approximate surface area is 123 Å². The fourth-order valence-corrected chi connectivity index (χ4v) is 5.31. The third-order valence-electron chi connectivity index (χ3n) is 3.14. The molecule has 0 unspecified atom stereocenters. The van der Waals surface area contributed by atoms with Crippen molar-refractivity contribution in [1.82, 2.24) is 0 Å². The molecule has 3 rings (SSSR count). The van der Waals surface area contributed by atoms with Crippen molar-refractivity contribution in [1.29, 1.82) is 0 Å². The molecule has 2 aliphatic heterocycles. The minimum absolute atomic E-state index is 0.00789. The number of fused-ring (bicyclic) bond motifs is 1. The molecule has 1 aromatic carbocycles. The number of benzene rings is 1. The van der Waals surface area contributed by atoms with Gasteiger partial charge in [-0.2, -0.15) is 17.2 Å². The van der Waals surface area contributed by atoms with E-state index in [1.807, 2.05) is 0 Å². The Hall–Kier alpha value is -1.35. The molecule has 2 heterocycles. The van der Waals surface area contributed by atoms with E-state index < -0.39 is 16.6 Å². The Balaban J connectivity index is 2.12. The highest BCUT2D eigenvalue weighted by molar-refractivity contribution is 7.91. The van der Waals surface area contributed by atoms with Gasteiger partial charge >= 0.3 is 6.61 Å². The number of sulfonamides is 1. The second-order valence-electron chi connectivity index (χ2n) is 4.57. The maximum absolute atomic E-state index is 12.5. The second-order valence-corrected chi connectivity index (χ2v) is 8.06. The number of ether oxygens (including phenoxy) is 1. The lowest BCUT2D eigenvalue weighted by Crippen LogP contribution is -2.08. The summed E-state index contributed by atoms with van der Waals surface area (Å²) < 4.78 is 61.3. The van der Waals surface area contributed by atoms with E-state index in [-0.39, 0.29) is 32.7 Å². The van der Waals surface area contributed by atoms with Crippen LogP contribution in [0.2, 0.25) is 0 Å². The van der Waals surface area contributed by atoms with Crippen molar-refractivity contribution in [2.24, 2.45) is 8.76 Å². The zero-order valence-electron chi connectivity index (χ0n) is 10.8. The van der Waals surface area contributed by atoms with Crippen molar-refractivity contribution in [2.45, 2.75) is 24.3 Å². The summed E-state index contributed by atoms with van der Waals surface area (Å²) in [6.45, 7) is -3.03. The van der Waals surface area contributed by atoms with Crippen LogP contribution >= 0.6 is 0 Å². The predicted octanol–water partition coefficient (Wildman–Crippen LogP) is 2.33. The lowest BCUT2D eigenvalue weighted by molar-refractivity contribution is -0.0501. The van der Waals surface area contributed by atoms with E-state index in [9.17, 15) is 17.2 Å². The average Bonchev–Trinajstić information content (AvgIpc) is 2.97. The smallest absolute Gasteiger partial charge is 0.387 e. The lowest BCUT2D eigenvalue weighted by Gasteiger charge is -2.09. The van der Waals surface area contributed by atoms with Crippen LogP contribution < -0.4 is 4.74 Å². The van der Waals surface area contributed by atoms with Crippen molar-refractivity contribution in [3.63, 3.8) is 0 Å². The molecule has 21 heavy (non-hydrogen) atoms. The summed E-state index contributed by atoms with van der Waals surface area (Å²) in [6.07, 6.45) is 2.07. The van der Waals surface area contributed by atoms with Gasteiger partial charge in [0.15, 0.2) is 5.84 Å². The number of hydrogen-bond donors (Lipinski definition) is 0. The summed E-state index contributed by atoms with van der Waals surface area (Å²) in [4.78, 5) is -0.123. The van der Waals surface area contributed by atoms with Crippen molar-refractivity contribution in [2.75, 3.05) is 11.5 Å². The van der Waals surface area contributed by atoms with Gasteiger partial charge < -0.3 is 4.74 Å². The monoisotopic (exact) mass is 334 g/mol. The molecule has 5 nitrogen and oxygen atoms in total. The van der Waals surface area contributed by atoms with E-state index in [2.05, 4.69) is 13.5 Å². The van der Waals surface area contributed by atoms with Gasteiger partial charge in [-0.25, -0.2) is 4.36 Å². The van der Waals surface area contributed by atoms with Crippen molar-refractivity contribution < 1.29 is 21.9 Å². The Kier molecular flexibility index (Phi) is 3.78. The van der Waals surface area contributed by atoms with Gasteiger partial charge in [0.05, 0.1) is 5.56 Å². The van der Waals surface area contributed by atoms with E-state index in [0.29, 0.717) is 0 Å². The van der Waals surface area contributed by atoms with E-state index in [0.717, 1.165) is 24.3 Å². The summed E-state index contributed by atoms with van der Waals surface area (Å²) in [7, 11) is -4.17. The molecule has 0 atom stereocenters. The molecule has 9 heteroatoms. The molecule has 0 radical (unpaired) electrons. The molecule has 114 valence electrons. The topological polar surface area (TPSA) is 68.1 Å². The van der Waals surface area contributed by atoms with Gasteiger partial charge in [-0.15, -0.1) is 4.40 Å². The SMILES string of the molecule is O=S1(=O)N=C(N=S2CCCC2)c2c(OC(F)F)cccc21. The Morgan fingerprint density at radius 1 is 1.29 bits per heavy atom. The fraction of sp³-hybridized carbons (Fsp3) is 0.417. The molecule has 0 bridgehead atoms. The molecular weight excluding hydrogens is 322 g/mol. The Bertz CT molecular complexity index is 737. The van der Waals surface area contributed by atoms with Crippen LogP contribution in [0.15, 0.2) is 31.9 Å². The predicted molar refractivity (Wildman–Crippen MR) is 75.6 cm³/mol. The number of rotatable bonds is 2. The third kappa shape index (κ3) is 2.84. The summed E-state index contributed by atoms with van der Waals surface area (Å²) in [5, 5.41) is 0. The Morgan fingerprint density at radius 3 is 2.67 bits per heavy atom. The van der Waals surface area contributed by atoms with Crippen LogP contribution in [-0.2, 0) is 20.7 Å². The number of hydrogen-bond acceptors (Lipinski definition) is 4. The molecular formula is C12H12F2N2O3S2. The maximum Gasteiger partial charge on any atom is 0.387 e. The summed E-state index contributed by atoms with van der Waals surface area (Å²) in [5.74, 6) is 1.55. The van der Waals surface area contributed by atoms with Crippen LogP contribution in [-0.4, -0.2) is 32.4 Å². The first-order valence-corrected chi connectivity index (χ1v) is 9.26. The standard InChI is InChI=1S/C12H12F2N2O3S2/c13-12(14)19-8-4-3-5-9-10(8)11(16-21(9,17)18)15-20-6-1-2-7-20/h3-5,12H,1-2,6-7H2. The van der Waals surface area contributed by atoms with Crippen LogP contribution in [0, 0.1) is 0 Å². The molecule has 0 spiro atoms. The number of amidine groups is 1. The molecule has 1 fully saturated rings. The summed E-state index contributed by atoms with van der Waals surface area (Å²) >= 11 is 0. The van der Waals surface area contributed by atoms with Crippen molar-refractivity contribution >= 4 is 26.6 Å². The van der Waals surface area contributed by atoms with Crippen LogP contribution in [0.1, 0.15) is 18.4 Å². The molecule has 0 aromatic heterocycles. The third-order valence-corrected chi connectivity index (χ3v) is 6.40. The van der Waals surface area contributed by atoms with E-state index in [1.165, 1.54) is 18.2 Å². The van der Waals surface area contributed by atoms with Crippen molar-refractivity contribution in [3.8, 4) is 5.75 Å². The highest BCUT2D eigenvalue weighted by Gasteiger charge is 2.33. The minimum Gasteiger partial charge on any atom is -0.434 e. The first-order valence-electron chi connectivity index (χ1n) is 6.30. The van der Waals surface area contributed by atoms with Gasteiger partial charge in [-0.1, -0.05) is 16.8 Å². The molecule has 1 aromatic rings. The van der Waals surface area contributed by atoms with Gasteiger partial charge in [0.1, 0.15) is 10.6 Å². The molecule has 0 saturated carbocycles. The van der Waals surface area contributed by atoms with Crippen LogP contribution in [0.4, 0.5) is 8.78 Å². The zero-order valence-corrected chi connectivity index (χ0v) is 12.5. The van der Waals surface area contributed by atoms with Crippen molar-refractivity contribution in [3.05, 3.63) is 23.8 Å². The normalized spacial score (nSPS) is 20.4. The molecule has 0 aliphatic carbocycles. The molecule has 0 N–H and O–H groups in total. The minimum atomic E-state index is -3.88. The summed E-state index contributed by atoms with van der Waals surface area (Å²) in [6, 6.07) is 3.98. The lowest BCUT2D eigenvalue weighted by atomic mass is 10.2.